The van der Waals surface area contributed by atoms with E-state index in [9.17, 15) is 40.8 Å². The first-order valence-corrected chi connectivity index (χ1v) is 19.3. The standard InChI is InChI=1S/C36H37Cl2F5N4O8S/c1-20(2)30(31(48)36(42,43)34(51)45-19-35(39,40)41)46-32(49)28-14-27(56(52,53)18-21-7-9-25(54-3)10-8-21)17-47(28)33(50)29(12-22-5-4-6-23(37)11-22)55-26-13-24(38)15-44-16-26/h4-11,13,15-16,20,27-30H,12,14,17-19H2,1-3H3,(H,45,51)(H,46,49)/t27-,28+,29-,30+/m1/s1. The largest absolute Gasteiger partial charge is 0.497 e. The molecule has 1 aliphatic rings. The molecular formula is C36H37Cl2F5N4O8S. The highest BCUT2D eigenvalue weighted by molar-refractivity contribution is 7.91. The van der Waals surface area contributed by atoms with Crippen LogP contribution in [0.25, 0.3) is 0 Å². The Bertz CT molecular complexity index is 1970. The first-order valence-electron chi connectivity index (χ1n) is 16.9. The summed E-state index contributed by atoms with van der Waals surface area (Å²) in [5.41, 5.74) is 0.843. The van der Waals surface area contributed by atoms with Crippen LogP contribution in [-0.2, 0) is 41.2 Å². The van der Waals surface area contributed by atoms with Crippen molar-refractivity contribution in [1.29, 1.82) is 0 Å². The number of methoxy groups -OCH3 is 1. The predicted molar refractivity (Wildman–Crippen MR) is 194 cm³/mol. The van der Waals surface area contributed by atoms with Gasteiger partial charge in [0.05, 0.1) is 35.4 Å². The Kier molecular flexibility index (Phi) is 14.3. The highest BCUT2D eigenvalue weighted by atomic mass is 35.5. The van der Waals surface area contributed by atoms with E-state index in [1.165, 1.54) is 63.7 Å². The molecule has 1 fully saturated rings. The number of benzene rings is 2. The fourth-order valence-electron chi connectivity index (χ4n) is 5.87. The van der Waals surface area contributed by atoms with Gasteiger partial charge in [-0.15, -0.1) is 0 Å². The van der Waals surface area contributed by atoms with Crippen molar-refractivity contribution in [3.05, 3.63) is 88.2 Å². The molecule has 304 valence electrons. The number of Topliss-reactive ketones (excluding diaryl/α,β-unsaturated/α-hetero) is 1. The third-order valence-electron chi connectivity index (χ3n) is 8.72. The van der Waals surface area contributed by atoms with Crippen LogP contribution in [0.4, 0.5) is 22.0 Å². The number of hydrogen-bond acceptors (Lipinski definition) is 9. The summed E-state index contributed by atoms with van der Waals surface area (Å²) in [5.74, 6) is -13.2. The van der Waals surface area contributed by atoms with E-state index in [4.69, 9.17) is 32.7 Å². The van der Waals surface area contributed by atoms with Crippen LogP contribution in [0.5, 0.6) is 11.5 Å². The van der Waals surface area contributed by atoms with Crippen LogP contribution in [0.3, 0.4) is 0 Å². The molecule has 20 heteroatoms. The molecule has 0 saturated carbocycles. The molecule has 1 saturated heterocycles. The second-order valence-corrected chi connectivity index (χ2v) is 16.4. The number of halogens is 7. The number of sulfone groups is 1. The summed E-state index contributed by atoms with van der Waals surface area (Å²) in [5, 5.41) is 2.14. The molecule has 0 bridgehead atoms. The van der Waals surface area contributed by atoms with E-state index in [1.807, 2.05) is 0 Å². The van der Waals surface area contributed by atoms with Gasteiger partial charge >= 0.3 is 12.1 Å². The fraction of sp³-hybridized carbons (Fsp3) is 0.417. The minimum Gasteiger partial charge on any atom is -0.497 e. The van der Waals surface area contributed by atoms with E-state index in [0.717, 1.165) is 10.2 Å². The number of carbonyl (C=O) groups excluding carboxylic acids is 4. The van der Waals surface area contributed by atoms with Gasteiger partial charge < -0.3 is 25.0 Å². The van der Waals surface area contributed by atoms with Gasteiger partial charge in [0.15, 0.2) is 15.9 Å². The maximum Gasteiger partial charge on any atom is 0.405 e. The van der Waals surface area contributed by atoms with Crippen molar-refractivity contribution < 1.29 is 59.0 Å². The lowest BCUT2D eigenvalue weighted by Gasteiger charge is -2.31. The molecule has 4 atom stereocenters. The number of nitrogens with zero attached hydrogens (tertiary/aromatic N) is 2. The molecule has 1 aliphatic heterocycles. The number of pyridine rings is 1. The van der Waals surface area contributed by atoms with Crippen LogP contribution in [0.1, 0.15) is 31.4 Å². The number of ether oxygens (including phenoxy) is 2. The summed E-state index contributed by atoms with van der Waals surface area (Å²) in [6.07, 6.45) is -4.72. The molecule has 0 radical (unpaired) electrons. The summed E-state index contributed by atoms with van der Waals surface area (Å²) in [7, 11) is -2.74. The topological polar surface area (TPSA) is 161 Å². The van der Waals surface area contributed by atoms with Crippen LogP contribution >= 0.6 is 23.2 Å². The van der Waals surface area contributed by atoms with Gasteiger partial charge in [0.2, 0.25) is 11.7 Å². The van der Waals surface area contributed by atoms with Crippen LogP contribution in [0.2, 0.25) is 10.0 Å². The quantitative estimate of drug-likeness (QED) is 0.150. The zero-order valence-electron chi connectivity index (χ0n) is 30.0. The Balaban J connectivity index is 1.70. The van der Waals surface area contributed by atoms with Crippen molar-refractivity contribution in [2.24, 2.45) is 5.92 Å². The first-order chi connectivity index (χ1) is 26.1. The molecule has 3 amide bonds. The summed E-state index contributed by atoms with van der Waals surface area (Å²) >= 11 is 12.3. The zero-order chi connectivity index (χ0) is 41.6. The SMILES string of the molecule is COc1ccc(CS(=O)(=O)[C@@H]2C[C@@H](C(=O)N[C@H](C(=O)C(F)(F)C(=O)NCC(F)(F)F)C(C)C)N(C(=O)[C@@H](Cc3cccc(Cl)c3)Oc3cncc(Cl)c3)C2)cc1. The smallest absolute Gasteiger partial charge is 0.405 e. The van der Waals surface area contributed by atoms with Crippen molar-refractivity contribution in [3.63, 3.8) is 0 Å². The van der Waals surface area contributed by atoms with E-state index in [-0.39, 0.29) is 17.2 Å². The normalized spacial score (nSPS) is 17.2. The summed E-state index contributed by atoms with van der Waals surface area (Å²) in [6.45, 7) is -0.280. The van der Waals surface area contributed by atoms with Gasteiger partial charge in [-0.2, -0.15) is 22.0 Å². The van der Waals surface area contributed by atoms with Gasteiger partial charge in [-0.1, -0.05) is 61.3 Å². The number of amides is 3. The lowest BCUT2D eigenvalue weighted by atomic mass is 9.94. The molecule has 3 aromatic rings. The highest BCUT2D eigenvalue weighted by Gasteiger charge is 2.53. The van der Waals surface area contributed by atoms with Crippen LogP contribution in [-0.4, -0.2) is 97.5 Å². The Morgan fingerprint density at radius 2 is 1.62 bits per heavy atom. The van der Waals surface area contributed by atoms with E-state index in [0.29, 0.717) is 21.9 Å². The molecule has 2 heterocycles. The number of aromatic nitrogens is 1. The predicted octanol–water partition coefficient (Wildman–Crippen LogP) is 5.00. The van der Waals surface area contributed by atoms with E-state index in [2.05, 4.69) is 10.3 Å². The van der Waals surface area contributed by atoms with Crippen molar-refractivity contribution in [3.8, 4) is 11.5 Å². The van der Waals surface area contributed by atoms with Gasteiger partial charge in [-0.25, -0.2) is 8.42 Å². The fourth-order valence-corrected chi connectivity index (χ4v) is 8.00. The van der Waals surface area contributed by atoms with Gasteiger partial charge in [0.1, 0.15) is 24.1 Å². The number of nitrogens with one attached hydrogen (secondary N) is 2. The van der Waals surface area contributed by atoms with Crippen LogP contribution in [0, 0.1) is 5.92 Å². The van der Waals surface area contributed by atoms with Crippen molar-refractivity contribution in [2.45, 2.75) is 68.0 Å². The van der Waals surface area contributed by atoms with Crippen molar-refractivity contribution in [1.82, 2.24) is 20.5 Å². The van der Waals surface area contributed by atoms with Gasteiger partial charge in [0, 0.05) is 30.3 Å². The van der Waals surface area contributed by atoms with Crippen LogP contribution < -0.4 is 20.1 Å². The maximum absolute atomic E-state index is 15.0. The Labute approximate surface area is 328 Å². The average molecular weight is 852 g/mol. The van der Waals surface area contributed by atoms with Crippen molar-refractivity contribution in [2.75, 3.05) is 20.2 Å². The molecule has 0 spiro atoms. The van der Waals surface area contributed by atoms with E-state index < -0.39 is 100 Å². The molecule has 1 aromatic heterocycles. The zero-order valence-corrected chi connectivity index (χ0v) is 32.3. The van der Waals surface area contributed by atoms with E-state index >= 15 is 8.78 Å². The molecule has 12 nitrogen and oxygen atoms in total. The number of rotatable bonds is 16. The monoisotopic (exact) mass is 850 g/mol. The minimum absolute atomic E-state index is 0.0262. The van der Waals surface area contributed by atoms with Gasteiger partial charge in [-0.3, -0.25) is 24.2 Å². The molecule has 56 heavy (non-hydrogen) atoms. The van der Waals surface area contributed by atoms with Crippen molar-refractivity contribution >= 4 is 56.5 Å². The summed E-state index contributed by atoms with van der Waals surface area (Å²) < 4.78 is 107. The number of ketones is 1. The Hall–Kier alpha value is -4.55. The lowest BCUT2D eigenvalue weighted by Crippen LogP contribution is -2.59. The molecule has 2 N–H and O–H groups in total. The van der Waals surface area contributed by atoms with E-state index in [1.54, 1.807) is 24.3 Å². The Morgan fingerprint density at radius 1 is 0.946 bits per heavy atom. The molecule has 0 aliphatic carbocycles. The van der Waals surface area contributed by atoms with Crippen LogP contribution in [0.15, 0.2) is 67.0 Å². The lowest BCUT2D eigenvalue weighted by molar-refractivity contribution is -0.165. The number of carbonyl (C=O) groups is 4. The highest BCUT2D eigenvalue weighted by Crippen LogP contribution is 2.30. The minimum atomic E-state index is -5.07. The second kappa shape index (κ2) is 18.1. The number of likely N-dealkylation sites (tertiary alicyclic amines) is 1. The first kappa shape index (κ1) is 44.2. The van der Waals surface area contributed by atoms with Gasteiger partial charge in [0.25, 0.3) is 11.8 Å². The third kappa shape index (κ3) is 11.5. The third-order valence-corrected chi connectivity index (χ3v) is 11.3. The molecule has 2 aromatic carbocycles. The molecular weight excluding hydrogens is 814 g/mol. The molecule has 4 rings (SSSR count). The van der Waals surface area contributed by atoms with Gasteiger partial charge in [-0.05, 0) is 47.7 Å². The number of alkyl halides is 5. The molecule has 0 unspecified atom stereocenters. The summed E-state index contributed by atoms with van der Waals surface area (Å²) in [6, 6.07) is 9.94. The summed E-state index contributed by atoms with van der Waals surface area (Å²) in [4.78, 5) is 58.5. The number of hydrogen-bond donors (Lipinski definition) is 2. The Morgan fingerprint density at radius 3 is 2.21 bits per heavy atom. The average Bonchev–Trinajstić information content (AvgIpc) is 3.59. The second-order valence-electron chi connectivity index (χ2n) is 13.3. The maximum atomic E-state index is 15.0.